The Kier molecular flexibility index (Phi) is 4.23. The minimum absolute atomic E-state index is 0.144. The summed E-state index contributed by atoms with van der Waals surface area (Å²) in [7, 11) is 2.00. The van der Waals surface area contributed by atoms with Crippen LogP contribution in [0.1, 0.15) is 39.9 Å². The molecule has 0 aromatic heterocycles. The average molecular weight is 253 g/mol. The third-order valence-corrected chi connectivity index (χ3v) is 3.92. The molecule has 1 fully saturated rings. The number of hydrogen-bond acceptors (Lipinski definition) is 1. The maximum absolute atomic E-state index is 8.30. The highest BCUT2D eigenvalue weighted by molar-refractivity contribution is 6.30. The lowest BCUT2D eigenvalue weighted by Gasteiger charge is -2.25. The van der Waals surface area contributed by atoms with E-state index >= 15 is 0 Å². The van der Waals surface area contributed by atoms with Crippen molar-refractivity contribution in [3.63, 3.8) is 0 Å². The predicted octanol–water partition coefficient (Wildman–Crippen LogP) is 4.75. The molecule has 0 N–H and O–H groups in total. The van der Waals surface area contributed by atoms with Crippen LogP contribution in [0, 0.1) is 5.92 Å². The highest BCUT2D eigenvalue weighted by Crippen LogP contribution is 2.27. The molecule has 1 aromatic rings. The molecule has 1 saturated carbocycles. The molecular formula is C15H22ClN. The monoisotopic (exact) mass is 252 g/mol. The minimum Gasteiger partial charge on any atom is -0.375 e. The second-order valence-electron chi connectivity index (χ2n) is 5.01. The fourth-order valence-corrected chi connectivity index (χ4v) is 2.64. The van der Waals surface area contributed by atoms with Crippen LogP contribution in [0.2, 0.25) is 5.02 Å². The molecule has 0 bridgehead atoms. The number of rotatable bonds is 4. The van der Waals surface area contributed by atoms with Gasteiger partial charge in [-0.1, -0.05) is 43.7 Å². The third-order valence-electron chi connectivity index (χ3n) is 3.67. The van der Waals surface area contributed by atoms with Gasteiger partial charge in [0.1, 0.15) is 0 Å². The smallest absolute Gasteiger partial charge is 0.0493 e. The molecule has 0 heterocycles. The molecule has 0 spiro atoms. The Hall–Kier alpha value is -0.690. The van der Waals surface area contributed by atoms with Gasteiger partial charge in [-0.2, -0.15) is 0 Å². The molecule has 1 aliphatic carbocycles. The van der Waals surface area contributed by atoms with Crippen LogP contribution in [0.25, 0.3) is 0 Å². The van der Waals surface area contributed by atoms with E-state index < -0.39 is 0 Å². The lowest BCUT2D eigenvalue weighted by Crippen LogP contribution is -2.21. The van der Waals surface area contributed by atoms with E-state index in [1.54, 1.807) is 0 Å². The highest BCUT2D eigenvalue weighted by atomic mass is 35.5. The SMILES string of the molecule is [2H]C(CC1CCCCC1)N(C)c1ccc(Cl)cc1. The van der Waals surface area contributed by atoms with Crippen molar-refractivity contribution in [2.75, 3.05) is 18.5 Å². The van der Waals surface area contributed by atoms with E-state index in [-0.39, 0.29) is 6.52 Å². The zero-order valence-electron chi connectivity index (χ0n) is 11.5. The molecular weight excluding hydrogens is 230 g/mol. The van der Waals surface area contributed by atoms with Gasteiger partial charge in [0.05, 0.1) is 0 Å². The summed E-state index contributed by atoms with van der Waals surface area (Å²) >= 11 is 5.89. The minimum atomic E-state index is -0.144. The normalized spacial score (nSPS) is 19.8. The van der Waals surface area contributed by atoms with E-state index in [1.165, 1.54) is 32.1 Å². The molecule has 2 rings (SSSR count). The summed E-state index contributed by atoms with van der Waals surface area (Å²) in [5, 5.41) is 0.751. The van der Waals surface area contributed by atoms with Crippen molar-refractivity contribution < 1.29 is 1.37 Å². The molecule has 1 aromatic carbocycles. The van der Waals surface area contributed by atoms with E-state index in [1.807, 2.05) is 36.2 Å². The Morgan fingerprint density at radius 2 is 1.88 bits per heavy atom. The zero-order valence-corrected chi connectivity index (χ0v) is 11.3. The first-order valence-corrected chi connectivity index (χ1v) is 6.95. The largest absolute Gasteiger partial charge is 0.375 e. The predicted molar refractivity (Wildman–Crippen MR) is 75.9 cm³/mol. The van der Waals surface area contributed by atoms with Gasteiger partial charge in [0.25, 0.3) is 0 Å². The Balaban J connectivity index is 1.91. The van der Waals surface area contributed by atoms with Crippen molar-refractivity contribution in [3.8, 4) is 0 Å². The zero-order chi connectivity index (χ0) is 13.0. The fraction of sp³-hybridized carbons (Fsp3) is 0.600. The van der Waals surface area contributed by atoms with Gasteiger partial charge in [-0.05, 0) is 36.6 Å². The van der Waals surface area contributed by atoms with Crippen LogP contribution in [-0.4, -0.2) is 13.6 Å². The molecule has 1 unspecified atom stereocenters. The number of hydrogen-bond donors (Lipinski definition) is 0. The summed E-state index contributed by atoms with van der Waals surface area (Å²) in [5.41, 5.74) is 1.08. The molecule has 1 aliphatic rings. The van der Waals surface area contributed by atoms with Crippen molar-refractivity contribution in [2.45, 2.75) is 38.5 Å². The summed E-state index contributed by atoms with van der Waals surface area (Å²) in [6.07, 6.45) is 7.68. The molecule has 1 atom stereocenters. The van der Waals surface area contributed by atoms with E-state index in [4.69, 9.17) is 13.0 Å². The Labute approximate surface area is 111 Å². The quantitative estimate of drug-likeness (QED) is 0.748. The first-order valence-electron chi connectivity index (χ1n) is 7.15. The van der Waals surface area contributed by atoms with Crippen LogP contribution >= 0.6 is 11.6 Å². The summed E-state index contributed by atoms with van der Waals surface area (Å²) < 4.78 is 8.30. The highest BCUT2D eigenvalue weighted by Gasteiger charge is 2.13. The van der Waals surface area contributed by atoms with Crippen molar-refractivity contribution >= 4 is 17.3 Å². The van der Waals surface area contributed by atoms with Gasteiger partial charge in [-0.15, -0.1) is 0 Å². The van der Waals surface area contributed by atoms with Gasteiger partial charge >= 0.3 is 0 Å². The van der Waals surface area contributed by atoms with Gasteiger partial charge in [0, 0.05) is 25.6 Å². The molecule has 0 saturated heterocycles. The van der Waals surface area contributed by atoms with Crippen LogP contribution in [0.5, 0.6) is 0 Å². The lowest BCUT2D eigenvalue weighted by atomic mass is 9.87. The van der Waals surface area contributed by atoms with E-state index in [2.05, 4.69) is 0 Å². The molecule has 94 valence electrons. The van der Waals surface area contributed by atoms with Gasteiger partial charge in [-0.25, -0.2) is 0 Å². The Morgan fingerprint density at radius 1 is 1.24 bits per heavy atom. The van der Waals surface area contributed by atoms with Crippen molar-refractivity contribution in [1.29, 1.82) is 0 Å². The van der Waals surface area contributed by atoms with Gasteiger partial charge in [-0.3, -0.25) is 0 Å². The van der Waals surface area contributed by atoms with Crippen molar-refractivity contribution in [2.24, 2.45) is 5.92 Å². The number of nitrogens with zero attached hydrogens (tertiary/aromatic N) is 1. The van der Waals surface area contributed by atoms with Crippen LogP contribution in [0.15, 0.2) is 24.3 Å². The molecule has 2 heteroatoms. The first-order chi connectivity index (χ1) is 8.66. The van der Waals surface area contributed by atoms with Gasteiger partial charge < -0.3 is 4.90 Å². The van der Waals surface area contributed by atoms with E-state index in [9.17, 15) is 0 Å². The van der Waals surface area contributed by atoms with Crippen LogP contribution in [-0.2, 0) is 0 Å². The summed E-state index contributed by atoms with van der Waals surface area (Å²) in [6.45, 7) is -0.144. The third kappa shape index (κ3) is 3.92. The first kappa shape index (κ1) is 11.4. The topological polar surface area (TPSA) is 3.24 Å². The molecule has 0 aliphatic heterocycles. The van der Waals surface area contributed by atoms with Crippen molar-refractivity contribution in [3.05, 3.63) is 29.3 Å². The average Bonchev–Trinajstić information content (AvgIpc) is 2.40. The summed E-state index contributed by atoms with van der Waals surface area (Å²) in [4.78, 5) is 2.05. The number of halogens is 1. The van der Waals surface area contributed by atoms with Crippen LogP contribution < -0.4 is 4.90 Å². The second-order valence-corrected chi connectivity index (χ2v) is 5.45. The molecule has 17 heavy (non-hydrogen) atoms. The van der Waals surface area contributed by atoms with Crippen LogP contribution in [0.3, 0.4) is 0 Å². The second kappa shape index (κ2) is 6.30. The van der Waals surface area contributed by atoms with Gasteiger partial charge in [0.15, 0.2) is 0 Å². The van der Waals surface area contributed by atoms with Gasteiger partial charge in [0.2, 0.25) is 0 Å². The molecule has 1 nitrogen and oxygen atoms in total. The maximum Gasteiger partial charge on any atom is 0.0493 e. The lowest BCUT2D eigenvalue weighted by molar-refractivity contribution is 0.341. The maximum atomic E-state index is 8.30. The standard InChI is InChI=1S/C15H22ClN/c1-17(15-9-7-14(16)8-10-15)12-11-13-5-3-2-4-6-13/h7-10,13H,2-6,11-12H2,1H3/i12D. The number of anilines is 1. The Morgan fingerprint density at radius 3 is 2.53 bits per heavy atom. The van der Waals surface area contributed by atoms with Crippen molar-refractivity contribution in [1.82, 2.24) is 0 Å². The fourth-order valence-electron chi connectivity index (χ4n) is 2.51. The molecule has 0 radical (unpaired) electrons. The number of benzene rings is 1. The molecule has 0 amide bonds. The summed E-state index contributed by atoms with van der Waals surface area (Å²) in [6, 6.07) is 7.76. The summed E-state index contributed by atoms with van der Waals surface area (Å²) in [5.74, 6) is 0.746. The van der Waals surface area contributed by atoms with E-state index in [0.29, 0.717) is 0 Å². The Bertz CT molecular complexity index is 359. The van der Waals surface area contributed by atoms with Crippen LogP contribution in [0.4, 0.5) is 5.69 Å². The van der Waals surface area contributed by atoms with E-state index in [0.717, 1.165) is 23.0 Å².